The van der Waals surface area contributed by atoms with Crippen molar-refractivity contribution in [3.63, 3.8) is 0 Å². The highest BCUT2D eigenvalue weighted by atomic mass is 16.5. The summed E-state index contributed by atoms with van der Waals surface area (Å²) in [5.41, 5.74) is 1.62. The van der Waals surface area contributed by atoms with Gasteiger partial charge >= 0.3 is 0 Å². The van der Waals surface area contributed by atoms with Crippen molar-refractivity contribution in [2.24, 2.45) is 5.41 Å². The molecule has 0 bridgehead atoms. The Morgan fingerprint density at radius 2 is 1.79 bits per heavy atom. The molecule has 8 nitrogen and oxygen atoms in total. The summed E-state index contributed by atoms with van der Waals surface area (Å²) in [5, 5.41) is 2.99. The second kappa shape index (κ2) is 11.1. The lowest BCUT2D eigenvalue weighted by Gasteiger charge is -2.42. The van der Waals surface area contributed by atoms with Crippen molar-refractivity contribution in [3.05, 3.63) is 35.4 Å². The van der Waals surface area contributed by atoms with Crippen LogP contribution in [0.5, 0.6) is 0 Å². The Labute approximate surface area is 226 Å². The fraction of sp³-hybridized carbons (Fsp3) is 0.700. The average molecular weight is 526 g/mol. The van der Waals surface area contributed by atoms with E-state index >= 15 is 0 Å². The third kappa shape index (κ3) is 5.68. The molecule has 3 heterocycles. The maximum Gasteiger partial charge on any atom is 0.251 e. The number of Topliss-reactive ketones (excluding diaryl/α,β-unsaturated/α-hetero) is 1. The number of hydrogen-bond acceptors (Lipinski definition) is 6. The van der Waals surface area contributed by atoms with Crippen LogP contribution in [0.3, 0.4) is 0 Å². The van der Waals surface area contributed by atoms with Crippen LogP contribution in [0.1, 0.15) is 81.1 Å². The van der Waals surface area contributed by atoms with E-state index in [0.717, 1.165) is 32.0 Å². The minimum absolute atomic E-state index is 0.0127. The highest BCUT2D eigenvalue weighted by Gasteiger charge is 2.53. The molecule has 0 aromatic heterocycles. The van der Waals surface area contributed by atoms with E-state index in [1.807, 2.05) is 32.9 Å². The van der Waals surface area contributed by atoms with Crippen molar-refractivity contribution in [2.75, 3.05) is 33.4 Å². The van der Waals surface area contributed by atoms with Crippen LogP contribution in [0.25, 0.3) is 0 Å². The summed E-state index contributed by atoms with van der Waals surface area (Å²) in [6.45, 7) is 8.70. The van der Waals surface area contributed by atoms with Gasteiger partial charge < -0.3 is 24.6 Å². The molecule has 1 aliphatic carbocycles. The van der Waals surface area contributed by atoms with E-state index in [1.54, 1.807) is 12.0 Å². The van der Waals surface area contributed by atoms with Crippen molar-refractivity contribution in [2.45, 2.75) is 95.5 Å². The predicted molar refractivity (Wildman–Crippen MR) is 144 cm³/mol. The number of carbonyl (C=O) groups is 3. The van der Waals surface area contributed by atoms with E-state index in [-0.39, 0.29) is 42.3 Å². The normalized spacial score (nSPS) is 27.7. The molecule has 3 saturated heterocycles. The molecule has 2 amide bonds. The lowest BCUT2D eigenvalue weighted by Crippen LogP contribution is -2.53. The largest absolute Gasteiger partial charge is 0.377 e. The first-order valence-electron chi connectivity index (χ1n) is 14.3. The first-order chi connectivity index (χ1) is 18.1. The molecule has 4 fully saturated rings. The van der Waals surface area contributed by atoms with Gasteiger partial charge in [-0.05, 0) is 74.2 Å². The van der Waals surface area contributed by atoms with Crippen molar-refractivity contribution < 1.29 is 23.9 Å². The summed E-state index contributed by atoms with van der Waals surface area (Å²) in [6.07, 6.45) is 6.04. The zero-order valence-electron chi connectivity index (χ0n) is 23.3. The van der Waals surface area contributed by atoms with Gasteiger partial charge in [-0.2, -0.15) is 0 Å². The van der Waals surface area contributed by atoms with Gasteiger partial charge in [-0.25, -0.2) is 0 Å². The van der Waals surface area contributed by atoms with Gasteiger partial charge in [0.1, 0.15) is 30.9 Å². The zero-order chi connectivity index (χ0) is 27.0. The average Bonchev–Trinajstić information content (AvgIpc) is 3.42. The number of carbonyl (C=O) groups excluding carboxylic acids is 3. The van der Waals surface area contributed by atoms with E-state index < -0.39 is 18.2 Å². The van der Waals surface area contributed by atoms with Crippen LogP contribution >= 0.6 is 0 Å². The molecule has 4 aliphatic rings. The van der Waals surface area contributed by atoms with Crippen LogP contribution < -0.4 is 5.32 Å². The van der Waals surface area contributed by atoms with Crippen LogP contribution in [0.15, 0.2) is 24.3 Å². The standard InChI is InChI=1S/C30H43N3O5/c1-30(2,3)16-23(29(36)33-17-25(37-4)27-26(33)24(34)18-38-27)31-28(35)21-10-8-19(9-11-21)20-12-14-32(15-13-20)22-6-5-7-22/h8-11,20,22-23,25-27H,5-7,12-18H2,1-4H3,(H,31,35)/t23?,25-,26+,27+/m0/s1. The molecule has 38 heavy (non-hydrogen) atoms. The number of benzene rings is 1. The summed E-state index contributed by atoms with van der Waals surface area (Å²) >= 11 is 0. The fourth-order valence-corrected chi connectivity index (χ4v) is 6.56. The van der Waals surface area contributed by atoms with Gasteiger partial charge in [0.05, 0.1) is 6.54 Å². The Kier molecular flexibility index (Phi) is 7.94. The number of nitrogens with zero attached hydrogens (tertiary/aromatic N) is 2. The number of ketones is 1. The third-order valence-corrected chi connectivity index (χ3v) is 8.91. The van der Waals surface area contributed by atoms with E-state index in [1.165, 1.54) is 24.8 Å². The van der Waals surface area contributed by atoms with Crippen LogP contribution in [0.4, 0.5) is 0 Å². The smallest absolute Gasteiger partial charge is 0.251 e. The van der Waals surface area contributed by atoms with E-state index in [2.05, 4.69) is 22.3 Å². The number of fused-ring (bicyclic) bond motifs is 1. The van der Waals surface area contributed by atoms with Gasteiger partial charge in [0.2, 0.25) is 5.91 Å². The molecule has 3 aliphatic heterocycles. The minimum atomic E-state index is -0.748. The summed E-state index contributed by atoms with van der Waals surface area (Å²) in [7, 11) is 1.57. The summed E-state index contributed by atoms with van der Waals surface area (Å²) in [5.74, 6) is -0.108. The van der Waals surface area contributed by atoms with Crippen molar-refractivity contribution in [1.82, 2.24) is 15.1 Å². The molecule has 1 aromatic rings. The molecular weight excluding hydrogens is 482 g/mol. The second-order valence-corrected chi connectivity index (χ2v) is 12.8. The first-order valence-corrected chi connectivity index (χ1v) is 14.3. The molecule has 0 radical (unpaired) electrons. The molecule has 1 aromatic carbocycles. The molecule has 4 atom stereocenters. The summed E-state index contributed by atoms with van der Waals surface area (Å²) < 4.78 is 11.1. The number of likely N-dealkylation sites (tertiary alicyclic amines) is 2. The number of rotatable bonds is 7. The molecule has 1 unspecified atom stereocenters. The SMILES string of the molecule is CO[C@H]1CN(C(=O)C(CC(C)(C)C)NC(=O)c2ccc(C3CCN(C4CCC4)CC3)cc2)[C@@H]2C(=O)CO[C@H]12. The molecular formula is C30H43N3O5. The number of methoxy groups -OCH3 is 1. The molecule has 0 spiro atoms. The molecule has 8 heteroatoms. The molecule has 1 saturated carbocycles. The maximum atomic E-state index is 13.7. The Morgan fingerprint density at radius 1 is 1.11 bits per heavy atom. The first kappa shape index (κ1) is 27.3. The highest BCUT2D eigenvalue weighted by Crippen LogP contribution is 2.34. The second-order valence-electron chi connectivity index (χ2n) is 12.8. The zero-order valence-corrected chi connectivity index (χ0v) is 23.3. The summed E-state index contributed by atoms with van der Waals surface area (Å²) in [6, 6.07) is 7.30. The monoisotopic (exact) mass is 525 g/mol. The fourth-order valence-electron chi connectivity index (χ4n) is 6.56. The van der Waals surface area contributed by atoms with Crippen LogP contribution in [-0.4, -0.2) is 91.1 Å². The van der Waals surface area contributed by atoms with E-state index in [4.69, 9.17) is 9.47 Å². The van der Waals surface area contributed by atoms with Crippen LogP contribution in [-0.2, 0) is 19.1 Å². The van der Waals surface area contributed by atoms with Gasteiger partial charge in [-0.15, -0.1) is 0 Å². The molecule has 1 N–H and O–H groups in total. The van der Waals surface area contributed by atoms with Crippen LogP contribution in [0.2, 0.25) is 0 Å². The maximum absolute atomic E-state index is 13.7. The van der Waals surface area contributed by atoms with E-state index in [0.29, 0.717) is 17.9 Å². The number of amides is 2. The minimum Gasteiger partial charge on any atom is -0.377 e. The summed E-state index contributed by atoms with van der Waals surface area (Å²) in [4.78, 5) is 43.8. The highest BCUT2D eigenvalue weighted by molar-refractivity contribution is 5.99. The van der Waals surface area contributed by atoms with E-state index in [9.17, 15) is 14.4 Å². The van der Waals surface area contributed by atoms with Gasteiger partial charge in [-0.3, -0.25) is 14.4 Å². The van der Waals surface area contributed by atoms with Crippen LogP contribution in [0, 0.1) is 5.41 Å². The van der Waals surface area contributed by atoms with Gasteiger partial charge in [-0.1, -0.05) is 39.3 Å². The number of ether oxygens (including phenoxy) is 2. The Balaban J connectivity index is 1.24. The topological polar surface area (TPSA) is 88.2 Å². The van der Waals surface area contributed by atoms with Crippen molar-refractivity contribution >= 4 is 17.6 Å². The number of hydrogen-bond donors (Lipinski definition) is 1. The van der Waals surface area contributed by atoms with Gasteiger partial charge in [0, 0.05) is 18.7 Å². The molecule has 5 rings (SSSR count). The Bertz CT molecular complexity index is 1020. The van der Waals surface area contributed by atoms with Crippen molar-refractivity contribution in [1.29, 1.82) is 0 Å². The Morgan fingerprint density at radius 3 is 2.37 bits per heavy atom. The number of nitrogens with one attached hydrogen (secondary N) is 1. The lowest BCUT2D eigenvalue weighted by molar-refractivity contribution is -0.138. The lowest BCUT2D eigenvalue weighted by atomic mass is 9.85. The van der Waals surface area contributed by atoms with Gasteiger partial charge in [0.15, 0.2) is 5.78 Å². The third-order valence-electron chi connectivity index (χ3n) is 8.91. The van der Waals surface area contributed by atoms with Crippen molar-refractivity contribution in [3.8, 4) is 0 Å². The van der Waals surface area contributed by atoms with Gasteiger partial charge in [0.25, 0.3) is 5.91 Å². The quantitative estimate of drug-likeness (QED) is 0.589. The Hall–Kier alpha value is -2.29. The predicted octanol–water partition coefficient (Wildman–Crippen LogP) is 3.15. The number of piperidine rings is 1. The molecule has 208 valence electrons.